The zero-order chi connectivity index (χ0) is 14.2. The Balaban J connectivity index is 3.32. The molecule has 1 rings (SSSR count). The third kappa shape index (κ3) is 2.19. The highest BCUT2D eigenvalue weighted by molar-refractivity contribution is 5.75. The summed E-state index contributed by atoms with van der Waals surface area (Å²) in [6, 6.07) is 2.47. The van der Waals surface area contributed by atoms with Crippen LogP contribution < -0.4 is 0 Å². The lowest BCUT2D eigenvalue weighted by atomic mass is 10.00. The predicted octanol–water partition coefficient (Wildman–Crippen LogP) is 3.79. The van der Waals surface area contributed by atoms with Crippen LogP contribution in [0, 0.1) is 0 Å². The van der Waals surface area contributed by atoms with E-state index in [0.717, 1.165) is 12.1 Å². The smallest absolute Gasteiger partial charge is 0.298 e. The Kier molecular flexibility index (Phi) is 3.42. The minimum absolute atomic E-state index is 0.0608. The first-order valence-corrected chi connectivity index (χ1v) is 4.42. The number of carbonyl (C=O) groups is 1. The molecule has 0 aromatic heterocycles. The first kappa shape index (κ1) is 14.5. The first-order valence-electron chi connectivity index (χ1n) is 4.42. The summed E-state index contributed by atoms with van der Waals surface area (Å²) < 4.78 is 87.3. The number of carbonyl (C=O) groups excluding carboxylic acids is 1. The van der Waals surface area contributed by atoms with Gasteiger partial charge in [0.05, 0.1) is 0 Å². The van der Waals surface area contributed by atoms with Gasteiger partial charge in [0, 0.05) is 11.1 Å². The third-order valence-electron chi connectivity index (χ3n) is 2.14. The van der Waals surface area contributed by atoms with Gasteiger partial charge in [-0.1, -0.05) is 18.2 Å². The maximum Gasteiger partial charge on any atom is 0.460 e. The zero-order valence-electron chi connectivity index (χ0n) is 8.44. The molecule has 0 unspecified atom stereocenters. The zero-order valence-corrected chi connectivity index (χ0v) is 8.44. The second kappa shape index (κ2) is 4.25. The lowest BCUT2D eigenvalue weighted by Gasteiger charge is -2.28. The van der Waals surface area contributed by atoms with E-state index in [2.05, 4.69) is 0 Å². The van der Waals surface area contributed by atoms with E-state index in [1.807, 2.05) is 0 Å². The maximum absolute atomic E-state index is 13.2. The first-order chi connectivity index (χ1) is 8.04. The van der Waals surface area contributed by atoms with Crippen molar-refractivity contribution in [1.29, 1.82) is 0 Å². The average Bonchev–Trinajstić information content (AvgIpc) is 2.27. The molecule has 18 heavy (non-hydrogen) atoms. The number of rotatable bonds is 3. The standard InChI is InChI=1S/C10H5F7O/c11-8(12,9(13,14)10(15,16)17)7-3-1-2-6(4-7)5-18/h1-5H. The van der Waals surface area contributed by atoms with Crippen LogP contribution in [0.3, 0.4) is 0 Å². The van der Waals surface area contributed by atoms with Crippen LogP contribution in [0.2, 0.25) is 0 Å². The molecule has 0 fully saturated rings. The second-order valence-corrected chi connectivity index (χ2v) is 3.39. The lowest BCUT2D eigenvalue weighted by Crippen LogP contribution is -2.50. The van der Waals surface area contributed by atoms with Crippen LogP contribution in [0.5, 0.6) is 0 Å². The highest BCUT2D eigenvalue weighted by Gasteiger charge is 2.73. The predicted molar refractivity (Wildman–Crippen MR) is 46.7 cm³/mol. The van der Waals surface area contributed by atoms with E-state index in [1.54, 1.807) is 0 Å². The molecule has 0 atom stereocenters. The molecule has 0 N–H and O–H groups in total. The number of aldehydes is 1. The number of hydrogen-bond acceptors (Lipinski definition) is 1. The van der Waals surface area contributed by atoms with E-state index < -0.39 is 29.1 Å². The maximum atomic E-state index is 13.2. The fourth-order valence-electron chi connectivity index (χ4n) is 1.17. The van der Waals surface area contributed by atoms with Gasteiger partial charge in [0.25, 0.3) is 0 Å². The molecule has 0 amide bonds. The summed E-state index contributed by atoms with van der Waals surface area (Å²) in [5.41, 5.74) is -2.00. The summed E-state index contributed by atoms with van der Waals surface area (Å²) in [4.78, 5) is 10.3. The van der Waals surface area contributed by atoms with Gasteiger partial charge < -0.3 is 0 Å². The summed E-state index contributed by atoms with van der Waals surface area (Å²) >= 11 is 0. The third-order valence-corrected chi connectivity index (χ3v) is 2.14. The quantitative estimate of drug-likeness (QED) is 0.605. The normalized spacial score (nSPS) is 13.5. The highest BCUT2D eigenvalue weighted by Crippen LogP contribution is 2.51. The largest absolute Gasteiger partial charge is 0.460 e. The van der Waals surface area contributed by atoms with E-state index in [9.17, 15) is 35.5 Å². The Morgan fingerprint density at radius 3 is 1.94 bits per heavy atom. The Hall–Kier alpha value is -1.60. The Morgan fingerprint density at radius 1 is 0.944 bits per heavy atom. The van der Waals surface area contributed by atoms with Gasteiger partial charge in [-0.2, -0.15) is 30.7 Å². The van der Waals surface area contributed by atoms with Gasteiger partial charge in [0.1, 0.15) is 6.29 Å². The van der Waals surface area contributed by atoms with Crippen molar-refractivity contribution in [1.82, 2.24) is 0 Å². The van der Waals surface area contributed by atoms with Crippen LogP contribution in [-0.2, 0) is 5.92 Å². The molecule has 0 aliphatic heterocycles. The fourth-order valence-corrected chi connectivity index (χ4v) is 1.17. The van der Waals surface area contributed by atoms with E-state index in [-0.39, 0.29) is 12.4 Å². The monoisotopic (exact) mass is 274 g/mol. The van der Waals surface area contributed by atoms with Gasteiger partial charge >= 0.3 is 18.0 Å². The van der Waals surface area contributed by atoms with Gasteiger partial charge in [-0.25, -0.2) is 0 Å². The van der Waals surface area contributed by atoms with E-state index >= 15 is 0 Å². The molecule has 0 radical (unpaired) electrons. The van der Waals surface area contributed by atoms with Crippen molar-refractivity contribution in [2.75, 3.05) is 0 Å². The topological polar surface area (TPSA) is 17.1 Å². The molecule has 0 spiro atoms. The Morgan fingerprint density at radius 2 is 1.50 bits per heavy atom. The van der Waals surface area contributed by atoms with Crippen molar-refractivity contribution in [3.8, 4) is 0 Å². The van der Waals surface area contributed by atoms with Gasteiger partial charge in [-0.3, -0.25) is 4.79 Å². The average molecular weight is 274 g/mol. The van der Waals surface area contributed by atoms with Crippen molar-refractivity contribution < 1.29 is 35.5 Å². The molecular weight excluding hydrogens is 269 g/mol. The number of alkyl halides is 7. The number of halogens is 7. The van der Waals surface area contributed by atoms with Crippen molar-refractivity contribution in [2.24, 2.45) is 0 Å². The number of hydrogen-bond donors (Lipinski definition) is 0. The summed E-state index contributed by atoms with van der Waals surface area (Å²) in [6.07, 6.45) is -6.33. The molecule has 0 bridgehead atoms. The molecule has 100 valence electrons. The van der Waals surface area contributed by atoms with E-state index in [4.69, 9.17) is 0 Å². The van der Waals surface area contributed by atoms with Crippen molar-refractivity contribution in [2.45, 2.75) is 18.0 Å². The molecule has 0 aliphatic carbocycles. The van der Waals surface area contributed by atoms with E-state index in [0.29, 0.717) is 6.07 Å². The van der Waals surface area contributed by atoms with Gasteiger partial charge in [0.15, 0.2) is 0 Å². The number of benzene rings is 1. The van der Waals surface area contributed by atoms with Crippen molar-refractivity contribution in [3.63, 3.8) is 0 Å². The van der Waals surface area contributed by atoms with Crippen LogP contribution >= 0.6 is 0 Å². The summed E-state index contributed by atoms with van der Waals surface area (Å²) in [5.74, 6) is -11.7. The van der Waals surface area contributed by atoms with Crippen LogP contribution in [0.1, 0.15) is 15.9 Å². The van der Waals surface area contributed by atoms with Crippen LogP contribution in [0.4, 0.5) is 30.7 Å². The molecule has 0 aliphatic rings. The Bertz CT molecular complexity index is 450. The molecule has 0 saturated carbocycles. The Labute approximate surface area is 96.2 Å². The van der Waals surface area contributed by atoms with Crippen LogP contribution in [0.15, 0.2) is 24.3 Å². The molecule has 0 heterocycles. The van der Waals surface area contributed by atoms with Gasteiger partial charge in [-0.15, -0.1) is 0 Å². The molecule has 1 aromatic carbocycles. The fraction of sp³-hybridized carbons (Fsp3) is 0.300. The minimum Gasteiger partial charge on any atom is -0.298 e. The molecule has 8 heteroatoms. The molecule has 1 nitrogen and oxygen atoms in total. The van der Waals surface area contributed by atoms with Crippen molar-refractivity contribution in [3.05, 3.63) is 35.4 Å². The van der Waals surface area contributed by atoms with Crippen LogP contribution in [0.25, 0.3) is 0 Å². The summed E-state index contributed by atoms with van der Waals surface area (Å²) in [5, 5.41) is 0. The van der Waals surface area contributed by atoms with Crippen molar-refractivity contribution >= 4 is 6.29 Å². The van der Waals surface area contributed by atoms with E-state index in [1.165, 1.54) is 0 Å². The summed E-state index contributed by atoms with van der Waals surface area (Å²) in [6.45, 7) is 0. The second-order valence-electron chi connectivity index (χ2n) is 3.39. The lowest BCUT2D eigenvalue weighted by molar-refractivity contribution is -0.359. The summed E-state index contributed by atoms with van der Waals surface area (Å²) in [7, 11) is 0. The minimum atomic E-state index is -6.40. The highest BCUT2D eigenvalue weighted by atomic mass is 19.4. The SMILES string of the molecule is O=Cc1cccc(C(F)(F)C(F)(F)C(F)(F)F)c1. The molecular formula is C10H5F7O. The van der Waals surface area contributed by atoms with Crippen LogP contribution in [-0.4, -0.2) is 18.4 Å². The van der Waals surface area contributed by atoms with Gasteiger partial charge in [0.2, 0.25) is 0 Å². The van der Waals surface area contributed by atoms with Gasteiger partial charge in [-0.05, 0) is 6.07 Å². The molecule has 0 saturated heterocycles. The molecule has 1 aromatic rings.